The van der Waals surface area contributed by atoms with E-state index in [1.165, 1.54) is 38.5 Å². The highest BCUT2D eigenvalue weighted by Crippen LogP contribution is 2.10. The van der Waals surface area contributed by atoms with E-state index in [4.69, 9.17) is 4.74 Å². The average molecular weight is 337 g/mol. The summed E-state index contributed by atoms with van der Waals surface area (Å²) in [5.41, 5.74) is 0. The lowest BCUT2D eigenvalue weighted by Gasteiger charge is -2.18. The number of unbranched alkanes of at least 4 members (excludes halogenated alkanes) is 8. The smallest absolute Gasteiger partial charge is 0.334 e. The number of nitrogens with zero attached hydrogens (tertiary/aromatic N) is 3. The Labute approximate surface area is 145 Å². The first-order valence-electron chi connectivity index (χ1n) is 9.06. The predicted molar refractivity (Wildman–Crippen MR) is 94.2 cm³/mol. The summed E-state index contributed by atoms with van der Waals surface area (Å²) in [6, 6.07) is 0. The van der Waals surface area contributed by atoms with Gasteiger partial charge in [-0.1, -0.05) is 58.3 Å². The van der Waals surface area contributed by atoms with Crippen molar-refractivity contribution in [1.29, 1.82) is 0 Å². The van der Waals surface area contributed by atoms with Crippen LogP contribution in [0.5, 0.6) is 0 Å². The van der Waals surface area contributed by atoms with Crippen LogP contribution in [-0.2, 0) is 14.3 Å². The quantitative estimate of drug-likeness (QED) is 0.313. The van der Waals surface area contributed by atoms with Gasteiger partial charge in [0.2, 0.25) is 0 Å². The molecule has 0 amide bonds. The zero-order valence-electron chi connectivity index (χ0n) is 15.1. The summed E-state index contributed by atoms with van der Waals surface area (Å²) in [4.78, 5) is 27.2. The van der Waals surface area contributed by atoms with Crippen molar-refractivity contribution in [3.8, 4) is 0 Å². The van der Waals surface area contributed by atoms with E-state index < -0.39 is 11.9 Å². The van der Waals surface area contributed by atoms with Gasteiger partial charge in [0, 0.05) is 25.9 Å². The van der Waals surface area contributed by atoms with Crippen molar-refractivity contribution in [2.75, 3.05) is 18.6 Å². The van der Waals surface area contributed by atoms with Crippen molar-refractivity contribution in [3.05, 3.63) is 18.7 Å². The monoisotopic (exact) mass is 337 g/mol. The molecular formula is C18H31N3O3. The van der Waals surface area contributed by atoms with Crippen molar-refractivity contribution in [2.45, 2.75) is 71.1 Å². The fourth-order valence-electron chi connectivity index (χ4n) is 2.51. The molecule has 0 bridgehead atoms. The number of imidazole rings is 1. The highest BCUT2D eigenvalue weighted by Gasteiger charge is 2.12. The summed E-state index contributed by atoms with van der Waals surface area (Å²) in [6.07, 6.45) is 16.0. The number of hydrogen-bond donors (Lipinski definition) is 0. The molecule has 136 valence electrons. The molecule has 1 heterocycles. The molecule has 1 aromatic heterocycles. The molecule has 6 nitrogen and oxygen atoms in total. The molecule has 0 unspecified atom stereocenters. The average Bonchev–Trinajstić information content (AvgIpc) is 3.07. The number of carbonyl (C=O) groups excluding carboxylic acids is 2. The zero-order valence-corrected chi connectivity index (χ0v) is 15.1. The molecule has 0 spiro atoms. The lowest BCUT2D eigenvalue weighted by molar-refractivity contribution is -0.158. The second-order valence-corrected chi connectivity index (χ2v) is 6.18. The van der Waals surface area contributed by atoms with Gasteiger partial charge in [-0.25, -0.2) is 9.78 Å². The maximum Gasteiger partial charge on any atom is 0.334 e. The number of esters is 2. The third-order valence-corrected chi connectivity index (χ3v) is 3.95. The summed E-state index contributed by atoms with van der Waals surface area (Å²) in [5, 5.41) is 1.63. The number of hydrogen-bond acceptors (Lipinski definition) is 5. The van der Waals surface area contributed by atoms with E-state index in [-0.39, 0.29) is 6.54 Å². The second-order valence-electron chi connectivity index (χ2n) is 6.18. The predicted octanol–water partition coefficient (Wildman–Crippen LogP) is 3.44. The lowest BCUT2D eigenvalue weighted by Crippen LogP contribution is -2.35. The molecule has 0 atom stereocenters. The van der Waals surface area contributed by atoms with Crippen LogP contribution in [0.15, 0.2) is 18.7 Å². The minimum Gasteiger partial charge on any atom is -0.392 e. The Balaban J connectivity index is 2.00. The van der Waals surface area contributed by atoms with Gasteiger partial charge < -0.3 is 9.75 Å². The minimum absolute atomic E-state index is 0.0137. The van der Waals surface area contributed by atoms with E-state index in [2.05, 4.69) is 11.9 Å². The molecule has 0 aliphatic carbocycles. The van der Waals surface area contributed by atoms with E-state index >= 15 is 0 Å². The van der Waals surface area contributed by atoms with Crippen LogP contribution < -0.4 is 5.01 Å². The van der Waals surface area contributed by atoms with Gasteiger partial charge >= 0.3 is 11.9 Å². The van der Waals surface area contributed by atoms with Crippen molar-refractivity contribution < 1.29 is 14.3 Å². The molecule has 0 aliphatic rings. The van der Waals surface area contributed by atoms with Gasteiger partial charge in [-0.3, -0.25) is 9.47 Å². The molecule has 0 aromatic carbocycles. The van der Waals surface area contributed by atoms with Crippen LogP contribution in [0.3, 0.4) is 0 Å². The normalized spacial score (nSPS) is 10.6. The Kier molecular flexibility index (Phi) is 10.6. The van der Waals surface area contributed by atoms with Crippen LogP contribution in [0, 0.1) is 0 Å². The Morgan fingerprint density at radius 3 is 2.21 bits per heavy atom. The van der Waals surface area contributed by atoms with Gasteiger partial charge in [0.15, 0.2) is 0 Å². The summed E-state index contributed by atoms with van der Waals surface area (Å²) in [7, 11) is 1.73. The molecule has 1 rings (SSSR count). The number of ether oxygens (including phenoxy) is 1. The maximum atomic E-state index is 11.7. The SMILES string of the molecule is CCCCCCCCCCCC(=O)OC(=O)CN(C)n1ccnc1. The van der Waals surface area contributed by atoms with Gasteiger partial charge in [0.1, 0.15) is 12.9 Å². The summed E-state index contributed by atoms with van der Waals surface area (Å²) < 4.78 is 6.50. The van der Waals surface area contributed by atoms with E-state index in [9.17, 15) is 9.59 Å². The first kappa shape index (κ1) is 20.2. The standard InChI is InChI=1S/C18H31N3O3/c1-3-4-5-6-7-8-9-10-11-12-17(22)24-18(23)15-20(2)21-14-13-19-16-21/h13-14,16H,3-12,15H2,1-2H3. The first-order chi connectivity index (χ1) is 11.6. The van der Waals surface area contributed by atoms with Gasteiger partial charge in [-0.2, -0.15) is 0 Å². The first-order valence-corrected chi connectivity index (χ1v) is 9.06. The van der Waals surface area contributed by atoms with Gasteiger partial charge in [0.05, 0.1) is 0 Å². The molecule has 0 saturated carbocycles. The Hall–Kier alpha value is -1.85. The van der Waals surface area contributed by atoms with Gasteiger partial charge in [-0.15, -0.1) is 0 Å². The molecule has 24 heavy (non-hydrogen) atoms. The van der Waals surface area contributed by atoms with E-state index in [1.54, 1.807) is 35.5 Å². The van der Waals surface area contributed by atoms with E-state index in [0.717, 1.165) is 19.3 Å². The van der Waals surface area contributed by atoms with Crippen molar-refractivity contribution in [3.63, 3.8) is 0 Å². The molecule has 0 aliphatic heterocycles. The van der Waals surface area contributed by atoms with Crippen LogP contribution in [0.2, 0.25) is 0 Å². The van der Waals surface area contributed by atoms with E-state index in [0.29, 0.717) is 6.42 Å². The molecule has 1 aromatic rings. The van der Waals surface area contributed by atoms with Crippen LogP contribution >= 0.6 is 0 Å². The molecule has 0 N–H and O–H groups in total. The fraction of sp³-hybridized carbons (Fsp3) is 0.722. The number of likely N-dealkylation sites (N-methyl/N-ethyl adjacent to an activating group) is 1. The minimum atomic E-state index is -0.535. The van der Waals surface area contributed by atoms with Gasteiger partial charge in [-0.05, 0) is 6.42 Å². The molecule has 0 radical (unpaired) electrons. The summed E-state index contributed by atoms with van der Waals surface area (Å²) in [6.45, 7) is 2.24. The number of carbonyl (C=O) groups is 2. The Morgan fingerprint density at radius 2 is 1.62 bits per heavy atom. The third-order valence-electron chi connectivity index (χ3n) is 3.95. The van der Waals surface area contributed by atoms with Gasteiger partial charge in [0.25, 0.3) is 0 Å². The van der Waals surface area contributed by atoms with E-state index in [1.807, 2.05) is 0 Å². The lowest BCUT2D eigenvalue weighted by atomic mass is 10.1. The third kappa shape index (κ3) is 9.33. The second kappa shape index (κ2) is 12.6. The highest BCUT2D eigenvalue weighted by atomic mass is 16.6. The Morgan fingerprint density at radius 1 is 1.00 bits per heavy atom. The highest BCUT2D eigenvalue weighted by molar-refractivity contribution is 5.87. The summed E-state index contributed by atoms with van der Waals surface area (Å²) in [5.74, 6) is -0.964. The number of aromatic nitrogens is 2. The van der Waals surface area contributed by atoms with Crippen LogP contribution in [0.4, 0.5) is 0 Å². The van der Waals surface area contributed by atoms with Crippen LogP contribution in [0.25, 0.3) is 0 Å². The van der Waals surface area contributed by atoms with Crippen LogP contribution in [0.1, 0.15) is 71.1 Å². The topological polar surface area (TPSA) is 64.4 Å². The Bertz CT molecular complexity index is 460. The maximum absolute atomic E-state index is 11.7. The molecular weight excluding hydrogens is 306 g/mol. The van der Waals surface area contributed by atoms with Crippen LogP contribution in [-0.4, -0.2) is 35.2 Å². The summed E-state index contributed by atoms with van der Waals surface area (Å²) >= 11 is 0. The van der Waals surface area contributed by atoms with Crippen molar-refractivity contribution in [1.82, 2.24) is 9.66 Å². The fourth-order valence-corrected chi connectivity index (χ4v) is 2.51. The zero-order chi connectivity index (χ0) is 17.6. The largest absolute Gasteiger partial charge is 0.392 e. The number of rotatable bonds is 13. The molecule has 0 saturated heterocycles. The van der Waals surface area contributed by atoms with Crippen molar-refractivity contribution >= 4 is 11.9 Å². The van der Waals surface area contributed by atoms with Crippen molar-refractivity contribution in [2.24, 2.45) is 0 Å². The molecule has 0 fully saturated rings. The molecule has 6 heteroatoms.